The lowest BCUT2D eigenvalue weighted by molar-refractivity contribution is 0.112. The van der Waals surface area contributed by atoms with E-state index in [1.165, 1.54) is 11.5 Å². The van der Waals surface area contributed by atoms with E-state index in [4.69, 9.17) is 0 Å². The molecule has 2 aromatic carbocycles. The van der Waals surface area contributed by atoms with Gasteiger partial charge in [0.2, 0.25) is 0 Å². The molecule has 18 heavy (non-hydrogen) atoms. The fourth-order valence-electron chi connectivity index (χ4n) is 2.40. The SMILES string of the molecule is O=Cc1[nH]sc2c1ccc1nc3ccccc3c12. The molecule has 2 aromatic heterocycles. The maximum absolute atomic E-state index is 11.0. The van der Waals surface area contributed by atoms with Crippen LogP contribution in [0.3, 0.4) is 0 Å². The summed E-state index contributed by atoms with van der Waals surface area (Å²) in [7, 11) is 0. The van der Waals surface area contributed by atoms with Gasteiger partial charge < -0.3 is 4.37 Å². The molecular weight excluding hydrogens is 244 g/mol. The van der Waals surface area contributed by atoms with Crippen LogP contribution in [-0.4, -0.2) is 15.6 Å². The highest BCUT2D eigenvalue weighted by molar-refractivity contribution is 7.14. The lowest BCUT2D eigenvalue weighted by atomic mass is 10.1. The van der Waals surface area contributed by atoms with E-state index < -0.39 is 0 Å². The van der Waals surface area contributed by atoms with Crippen LogP contribution in [0.1, 0.15) is 10.5 Å². The van der Waals surface area contributed by atoms with E-state index in [0.717, 1.165) is 38.2 Å². The van der Waals surface area contributed by atoms with Gasteiger partial charge in [-0.25, -0.2) is 4.98 Å². The first-order chi connectivity index (χ1) is 8.88. The number of aldehydes is 1. The molecular formula is C14H8N2OS. The number of aromatic amines is 1. The van der Waals surface area contributed by atoms with Crippen molar-refractivity contribution in [1.82, 2.24) is 9.36 Å². The van der Waals surface area contributed by atoms with Crippen molar-refractivity contribution in [2.45, 2.75) is 0 Å². The summed E-state index contributed by atoms with van der Waals surface area (Å²) in [5.74, 6) is 0. The smallest absolute Gasteiger partial charge is 0.167 e. The number of carbonyl (C=O) groups is 1. The first kappa shape index (κ1) is 9.79. The van der Waals surface area contributed by atoms with Crippen LogP contribution in [0.25, 0.3) is 31.9 Å². The van der Waals surface area contributed by atoms with Crippen LogP contribution >= 0.6 is 11.5 Å². The number of nitrogens with zero attached hydrogens (tertiary/aromatic N) is 1. The Bertz CT molecular complexity index is 904. The van der Waals surface area contributed by atoms with Crippen LogP contribution in [0.2, 0.25) is 0 Å². The maximum atomic E-state index is 11.0. The molecule has 4 rings (SSSR count). The van der Waals surface area contributed by atoms with E-state index in [2.05, 4.69) is 15.4 Å². The molecule has 3 nitrogen and oxygen atoms in total. The van der Waals surface area contributed by atoms with E-state index in [1.807, 2.05) is 30.3 Å². The van der Waals surface area contributed by atoms with E-state index in [-0.39, 0.29) is 0 Å². The van der Waals surface area contributed by atoms with Gasteiger partial charge in [-0.05, 0) is 18.2 Å². The van der Waals surface area contributed by atoms with Gasteiger partial charge in [0.15, 0.2) is 6.29 Å². The van der Waals surface area contributed by atoms with Gasteiger partial charge >= 0.3 is 0 Å². The van der Waals surface area contributed by atoms with Crippen molar-refractivity contribution >= 4 is 49.7 Å². The molecule has 2 heterocycles. The summed E-state index contributed by atoms with van der Waals surface area (Å²) < 4.78 is 4.16. The molecule has 0 fully saturated rings. The Labute approximate surface area is 106 Å². The fourth-order valence-corrected chi connectivity index (χ4v) is 3.38. The molecule has 0 saturated carbocycles. The summed E-state index contributed by atoms with van der Waals surface area (Å²) in [6, 6.07) is 12.0. The third kappa shape index (κ3) is 1.13. The fraction of sp³-hybridized carbons (Fsp3) is 0. The average Bonchev–Trinajstić information content (AvgIpc) is 2.98. The van der Waals surface area contributed by atoms with Crippen LogP contribution in [0, 0.1) is 0 Å². The summed E-state index contributed by atoms with van der Waals surface area (Å²) in [5.41, 5.74) is 2.62. The van der Waals surface area contributed by atoms with Crippen molar-refractivity contribution < 1.29 is 4.79 Å². The third-order valence-electron chi connectivity index (χ3n) is 3.22. The van der Waals surface area contributed by atoms with Crippen molar-refractivity contribution in [3.8, 4) is 0 Å². The number of nitrogens with one attached hydrogen (secondary N) is 1. The molecule has 0 aliphatic carbocycles. The number of hydrogen-bond donors (Lipinski definition) is 1. The number of carbonyl (C=O) groups excluding carboxylic acids is 1. The molecule has 0 atom stereocenters. The molecule has 0 amide bonds. The third-order valence-corrected chi connectivity index (χ3v) is 4.17. The van der Waals surface area contributed by atoms with Crippen molar-refractivity contribution in [1.29, 1.82) is 0 Å². The number of benzene rings is 2. The number of fused-ring (bicyclic) bond motifs is 5. The van der Waals surface area contributed by atoms with Gasteiger partial charge in [0.25, 0.3) is 0 Å². The average molecular weight is 252 g/mol. The number of rotatable bonds is 1. The lowest BCUT2D eigenvalue weighted by Crippen LogP contribution is -1.77. The first-order valence-corrected chi connectivity index (χ1v) is 6.43. The summed E-state index contributed by atoms with van der Waals surface area (Å²) in [5, 5.41) is 3.25. The predicted octanol–water partition coefficient (Wildman–Crippen LogP) is 3.74. The Balaban J connectivity index is 2.33. The van der Waals surface area contributed by atoms with Crippen molar-refractivity contribution in [3.05, 3.63) is 42.1 Å². The molecule has 4 heteroatoms. The van der Waals surface area contributed by atoms with E-state index in [0.29, 0.717) is 5.69 Å². The van der Waals surface area contributed by atoms with Crippen molar-refractivity contribution in [2.24, 2.45) is 0 Å². The molecule has 0 bridgehead atoms. The number of para-hydroxylation sites is 1. The monoisotopic (exact) mass is 252 g/mol. The molecule has 1 N–H and O–H groups in total. The second kappa shape index (κ2) is 3.40. The summed E-state index contributed by atoms with van der Waals surface area (Å²) in [6.07, 6.45) is 0.864. The topological polar surface area (TPSA) is 45.8 Å². The minimum atomic E-state index is 0.641. The largest absolute Gasteiger partial charge is 0.307 e. The molecule has 0 aliphatic heterocycles. The molecule has 0 unspecified atom stereocenters. The minimum absolute atomic E-state index is 0.641. The summed E-state index contributed by atoms with van der Waals surface area (Å²) >= 11 is 1.49. The van der Waals surface area contributed by atoms with Crippen molar-refractivity contribution in [3.63, 3.8) is 0 Å². The van der Waals surface area contributed by atoms with E-state index in [9.17, 15) is 4.79 Å². The van der Waals surface area contributed by atoms with Crippen LogP contribution in [0.15, 0.2) is 36.4 Å². The van der Waals surface area contributed by atoms with Crippen LogP contribution in [0.4, 0.5) is 0 Å². The summed E-state index contributed by atoms with van der Waals surface area (Å²) in [6.45, 7) is 0. The highest BCUT2D eigenvalue weighted by Crippen LogP contribution is 2.35. The van der Waals surface area contributed by atoms with Gasteiger partial charge in [-0.2, -0.15) is 0 Å². The van der Waals surface area contributed by atoms with Gasteiger partial charge in [0, 0.05) is 16.2 Å². The first-order valence-electron chi connectivity index (χ1n) is 5.62. The Morgan fingerprint density at radius 3 is 2.83 bits per heavy atom. The van der Waals surface area contributed by atoms with E-state index in [1.54, 1.807) is 0 Å². The Morgan fingerprint density at radius 2 is 1.94 bits per heavy atom. The van der Waals surface area contributed by atoms with Crippen LogP contribution < -0.4 is 0 Å². The number of H-pyrrole nitrogens is 1. The zero-order chi connectivity index (χ0) is 12.1. The minimum Gasteiger partial charge on any atom is -0.307 e. The molecule has 0 aliphatic rings. The van der Waals surface area contributed by atoms with Crippen LogP contribution in [0.5, 0.6) is 0 Å². The molecule has 86 valence electrons. The quantitative estimate of drug-likeness (QED) is 0.524. The van der Waals surface area contributed by atoms with Gasteiger partial charge in [-0.3, -0.25) is 4.79 Å². The molecule has 4 aromatic rings. The van der Waals surface area contributed by atoms with Crippen molar-refractivity contribution in [2.75, 3.05) is 0 Å². The number of aromatic nitrogens is 2. The van der Waals surface area contributed by atoms with Gasteiger partial charge in [-0.1, -0.05) is 29.7 Å². The highest BCUT2D eigenvalue weighted by Gasteiger charge is 2.12. The molecule has 0 radical (unpaired) electrons. The number of hydrogen-bond acceptors (Lipinski definition) is 3. The van der Waals surface area contributed by atoms with Gasteiger partial charge in [0.1, 0.15) is 0 Å². The standard InChI is InChI=1S/C14H8N2OS/c17-7-12-9-5-6-11-13(14(9)18-16-12)8-3-1-2-4-10(8)15-11/h1-7,16H. The molecule has 0 spiro atoms. The normalized spacial score (nSPS) is 11.6. The Morgan fingerprint density at radius 1 is 1.06 bits per heavy atom. The predicted molar refractivity (Wildman–Crippen MR) is 74.4 cm³/mol. The van der Waals surface area contributed by atoms with Gasteiger partial charge in [0.05, 0.1) is 21.4 Å². The highest BCUT2D eigenvalue weighted by atomic mass is 32.1. The lowest BCUT2D eigenvalue weighted by Gasteiger charge is -1.93. The summed E-state index contributed by atoms with van der Waals surface area (Å²) in [4.78, 5) is 15.6. The second-order valence-corrected chi connectivity index (χ2v) is 5.02. The zero-order valence-electron chi connectivity index (χ0n) is 9.31. The van der Waals surface area contributed by atoms with Gasteiger partial charge in [-0.15, -0.1) is 0 Å². The molecule has 0 saturated heterocycles. The second-order valence-electron chi connectivity index (χ2n) is 4.20. The van der Waals surface area contributed by atoms with E-state index >= 15 is 0 Å². The zero-order valence-corrected chi connectivity index (χ0v) is 10.1. The van der Waals surface area contributed by atoms with Crippen LogP contribution in [-0.2, 0) is 0 Å². The Hall–Kier alpha value is -2.20. The maximum Gasteiger partial charge on any atom is 0.167 e. The Kier molecular flexibility index (Phi) is 1.85.